The number of likely N-dealkylation sites (N-methyl/N-ethyl adjacent to an activating group) is 1. The van der Waals surface area contributed by atoms with Gasteiger partial charge in [-0.15, -0.1) is 6.42 Å². The van der Waals surface area contributed by atoms with Crippen LogP contribution in [0.15, 0.2) is 36.5 Å². The molecule has 3 aliphatic rings. The first kappa shape index (κ1) is 33.8. The average Bonchev–Trinajstić information content (AvgIpc) is 3.74. The molecule has 12 heteroatoms. The van der Waals surface area contributed by atoms with E-state index >= 15 is 4.39 Å². The number of amides is 1. The molecule has 9 nitrogen and oxygen atoms in total. The van der Waals surface area contributed by atoms with E-state index in [1.165, 1.54) is 12.3 Å². The van der Waals surface area contributed by atoms with Crippen LogP contribution >= 0.6 is 0 Å². The zero-order chi connectivity index (χ0) is 35.5. The molecular formula is C38H41F3N6O3. The van der Waals surface area contributed by atoms with E-state index in [4.69, 9.17) is 20.9 Å². The van der Waals surface area contributed by atoms with E-state index in [9.17, 15) is 13.6 Å². The van der Waals surface area contributed by atoms with Gasteiger partial charge in [-0.2, -0.15) is 9.97 Å². The second kappa shape index (κ2) is 12.6. The van der Waals surface area contributed by atoms with Crippen molar-refractivity contribution in [3.63, 3.8) is 0 Å². The van der Waals surface area contributed by atoms with Crippen LogP contribution in [0.25, 0.3) is 32.9 Å². The number of benzene rings is 2. The zero-order valence-corrected chi connectivity index (χ0v) is 29.0. The maximum absolute atomic E-state index is 16.9. The van der Waals surface area contributed by atoms with Crippen molar-refractivity contribution < 1.29 is 27.4 Å². The monoisotopic (exact) mass is 686 g/mol. The maximum Gasteiger partial charge on any atom is 0.410 e. The first-order valence-corrected chi connectivity index (χ1v) is 17.1. The lowest BCUT2D eigenvalue weighted by Gasteiger charge is -2.33. The van der Waals surface area contributed by atoms with Gasteiger partial charge in [-0.05, 0) is 65.0 Å². The van der Waals surface area contributed by atoms with E-state index in [2.05, 4.69) is 20.8 Å². The summed E-state index contributed by atoms with van der Waals surface area (Å²) < 4.78 is 58.3. The van der Waals surface area contributed by atoms with Gasteiger partial charge in [0, 0.05) is 43.7 Å². The first-order chi connectivity index (χ1) is 23.8. The summed E-state index contributed by atoms with van der Waals surface area (Å²) in [5.74, 6) is 1.45. The molecule has 3 saturated heterocycles. The Labute approximate surface area is 289 Å². The molecular weight excluding hydrogens is 645 g/mol. The molecule has 5 heterocycles. The van der Waals surface area contributed by atoms with Crippen molar-refractivity contribution in [2.45, 2.75) is 82.8 Å². The molecule has 3 aliphatic heterocycles. The molecule has 0 saturated carbocycles. The standard InChI is InChI=1S/C38H41F3N6O3/c1-7-25-28(40)13-12-23-10-8-11-26(30(23)25)32-31(41)33-27(19-42-32)34(45(6)29-14-17-47(22(29)2)36(48)50-37(3,4)5)44-35(43-33)49-21-38-15-9-16-46(38)20-24(39)18-38/h1,8,10-13,19,22,24,29H,9,14-18,20-21H2,2-6H3/t22?,24-,29?,38+/m1/s1. The van der Waals surface area contributed by atoms with Gasteiger partial charge in [0.25, 0.3) is 0 Å². The van der Waals surface area contributed by atoms with Crippen LogP contribution in [0.5, 0.6) is 6.01 Å². The highest BCUT2D eigenvalue weighted by Gasteiger charge is 2.49. The van der Waals surface area contributed by atoms with Crippen molar-refractivity contribution >= 4 is 33.6 Å². The number of terminal acetylenes is 1. The molecule has 2 unspecified atom stereocenters. The zero-order valence-electron chi connectivity index (χ0n) is 29.0. The number of rotatable bonds is 6. The lowest BCUT2D eigenvalue weighted by atomic mass is 9.95. The Morgan fingerprint density at radius 1 is 1.18 bits per heavy atom. The van der Waals surface area contributed by atoms with E-state index in [-0.39, 0.29) is 41.5 Å². The van der Waals surface area contributed by atoms with Crippen LogP contribution in [0, 0.1) is 24.0 Å². The van der Waals surface area contributed by atoms with Crippen LogP contribution in [0.4, 0.5) is 23.8 Å². The molecule has 2 aromatic carbocycles. The number of fused-ring (bicyclic) bond motifs is 3. The van der Waals surface area contributed by atoms with Crippen molar-refractivity contribution in [3.05, 3.63) is 53.7 Å². The second-order valence-electron chi connectivity index (χ2n) is 14.7. The van der Waals surface area contributed by atoms with Gasteiger partial charge in [0.05, 0.1) is 28.6 Å². The second-order valence-corrected chi connectivity index (χ2v) is 14.7. The molecule has 2 aromatic heterocycles. The number of alkyl halides is 1. The Morgan fingerprint density at radius 2 is 1.98 bits per heavy atom. The minimum absolute atomic E-state index is 0.0133. The number of carbonyl (C=O) groups is 1. The summed E-state index contributed by atoms with van der Waals surface area (Å²) in [6, 6.07) is 7.52. The third-order valence-corrected chi connectivity index (χ3v) is 10.4. The Balaban J connectivity index is 1.32. The lowest BCUT2D eigenvalue weighted by Crippen LogP contribution is -2.45. The molecule has 4 atom stereocenters. The summed E-state index contributed by atoms with van der Waals surface area (Å²) in [6.07, 6.45) is 8.55. The van der Waals surface area contributed by atoms with Gasteiger partial charge >= 0.3 is 12.1 Å². The summed E-state index contributed by atoms with van der Waals surface area (Å²) in [4.78, 5) is 32.7. The number of ether oxygens (including phenoxy) is 2. The number of likely N-dealkylation sites (tertiary alicyclic amines) is 1. The average molecular weight is 687 g/mol. The molecule has 0 aliphatic carbocycles. The quantitative estimate of drug-likeness (QED) is 0.203. The Bertz CT molecular complexity index is 2030. The fourth-order valence-corrected chi connectivity index (χ4v) is 8.06. The number of carbonyl (C=O) groups excluding carboxylic acids is 1. The molecule has 262 valence electrons. The van der Waals surface area contributed by atoms with E-state index in [0.717, 1.165) is 19.4 Å². The highest BCUT2D eigenvalue weighted by atomic mass is 19.1. The first-order valence-electron chi connectivity index (χ1n) is 17.1. The molecule has 0 spiro atoms. The van der Waals surface area contributed by atoms with Crippen molar-refractivity contribution in [1.82, 2.24) is 24.8 Å². The lowest BCUT2D eigenvalue weighted by molar-refractivity contribution is 0.0233. The molecule has 4 aromatic rings. The minimum atomic E-state index is -0.945. The van der Waals surface area contributed by atoms with Crippen LogP contribution < -0.4 is 9.64 Å². The van der Waals surface area contributed by atoms with Gasteiger partial charge in [0.2, 0.25) is 0 Å². The minimum Gasteiger partial charge on any atom is -0.461 e. The number of pyridine rings is 1. The van der Waals surface area contributed by atoms with Crippen LogP contribution in [-0.4, -0.2) is 93.5 Å². The maximum atomic E-state index is 16.9. The molecule has 1 amide bonds. The van der Waals surface area contributed by atoms with E-state index in [0.29, 0.717) is 53.5 Å². The van der Waals surface area contributed by atoms with Gasteiger partial charge in [0.1, 0.15) is 41.2 Å². The Morgan fingerprint density at radius 3 is 2.74 bits per heavy atom. The number of anilines is 1. The van der Waals surface area contributed by atoms with Crippen LogP contribution in [0.1, 0.15) is 58.9 Å². The van der Waals surface area contributed by atoms with E-state index in [1.807, 2.05) is 39.6 Å². The third kappa shape index (κ3) is 5.85. The highest BCUT2D eigenvalue weighted by molar-refractivity contribution is 6.02. The number of aromatic nitrogens is 3. The SMILES string of the molecule is C#Cc1c(F)ccc2cccc(-c3ncc4c(N(C)C5CCN(C(=O)OC(C)(C)C)C5C)nc(OC[C@@]56CCCN5C[C@H](F)C6)nc4c3F)c12. The van der Waals surface area contributed by atoms with Crippen LogP contribution in [0.3, 0.4) is 0 Å². The largest absolute Gasteiger partial charge is 0.461 e. The normalized spacial score (nSPS) is 23.7. The fraction of sp³-hybridized carbons (Fsp3) is 0.474. The molecule has 0 radical (unpaired) electrons. The van der Waals surface area contributed by atoms with Crippen molar-refractivity contribution in [2.75, 3.05) is 38.2 Å². The molecule has 3 fully saturated rings. The predicted octanol–water partition coefficient (Wildman–Crippen LogP) is 6.89. The van der Waals surface area contributed by atoms with E-state index < -0.39 is 35.0 Å². The molecule has 0 N–H and O–H groups in total. The van der Waals surface area contributed by atoms with Crippen molar-refractivity contribution in [1.29, 1.82) is 0 Å². The van der Waals surface area contributed by atoms with Gasteiger partial charge in [-0.25, -0.2) is 18.0 Å². The predicted molar refractivity (Wildman–Crippen MR) is 186 cm³/mol. The number of halogens is 3. The third-order valence-electron chi connectivity index (χ3n) is 10.4. The Kier molecular flexibility index (Phi) is 8.53. The molecule has 0 bridgehead atoms. The molecule has 50 heavy (non-hydrogen) atoms. The molecule has 7 rings (SSSR count). The van der Waals surface area contributed by atoms with E-state index in [1.54, 1.807) is 29.2 Å². The summed E-state index contributed by atoms with van der Waals surface area (Å²) in [5.41, 5.74) is -0.877. The van der Waals surface area contributed by atoms with Crippen LogP contribution in [-0.2, 0) is 4.74 Å². The Hall–Kier alpha value is -4.63. The number of hydrogen-bond acceptors (Lipinski definition) is 8. The summed E-state index contributed by atoms with van der Waals surface area (Å²) in [5, 5.41) is 1.34. The van der Waals surface area contributed by atoms with Gasteiger partial charge in [-0.3, -0.25) is 9.88 Å². The number of nitrogens with zero attached hydrogens (tertiary/aromatic N) is 6. The fourth-order valence-electron chi connectivity index (χ4n) is 8.06. The smallest absolute Gasteiger partial charge is 0.410 e. The van der Waals surface area contributed by atoms with Crippen molar-refractivity contribution in [3.8, 4) is 29.6 Å². The van der Waals surface area contributed by atoms with Crippen molar-refractivity contribution in [2.24, 2.45) is 0 Å². The number of hydrogen-bond donors (Lipinski definition) is 0. The van der Waals surface area contributed by atoms with Crippen LogP contribution in [0.2, 0.25) is 0 Å². The summed E-state index contributed by atoms with van der Waals surface area (Å²) in [6.45, 7) is 9.19. The van der Waals surface area contributed by atoms with Gasteiger partial charge in [-0.1, -0.05) is 30.2 Å². The topological polar surface area (TPSA) is 83.9 Å². The highest BCUT2D eigenvalue weighted by Crippen LogP contribution is 2.41. The summed E-state index contributed by atoms with van der Waals surface area (Å²) in [7, 11) is 1.84. The summed E-state index contributed by atoms with van der Waals surface area (Å²) >= 11 is 0. The van der Waals surface area contributed by atoms with Gasteiger partial charge in [0.15, 0.2) is 5.82 Å². The van der Waals surface area contributed by atoms with Gasteiger partial charge < -0.3 is 19.3 Å².